The largest absolute Gasteiger partial charge is 0.333 e. The first kappa shape index (κ1) is 13.0. The Bertz CT molecular complexity index is 480. The van der Waals surface area contributed by atoms with Crippen LogP contribution in [0, 0.1) is 5.92 Å². The van der Waals surface area contributed by atoms with Crippen molar-refractivity contribution in [1.29, 1.82) is 0 Å². The Kier molecular flexibility index (Phi) is 3.38. The molecule has 2 fully saturated rings. The summed E-state index contributed by atoms with van der Waals surface area (Å²) < 4.78 is 22.4. The maximum atomic E-state index is 11.5. The van der Waals surface area contributed by atoms with Crippen molar-refractivity contribution in [2.24, 2.45) is 5.92 Å². The molecule has 0 aromatic carbocycles. The highest BCUT2D eigenvalue weighted by Crippen LogP contribution is 2.22. The number of nitrogens with zero attached hydrogens (tertiary/aromatic N) is 1. The third-order valence-electron chi connectivity index (χ3n) is 2.98. The highest BCUT2D eigenvalue weighted by molar-refractivity contribution is 7.91. The van der Waals surface area contributed by atoms with E-state index in [0.717, 1.165) is 0 Å². The van der Waals surface area contributed by atoms with Crippen molar-refractivity contribution in [3.63, 3.8) is 0 Å². The Balaban J connectivity index is 1.86. The molecule has 2 rings (SSSR count). The van der Waals surface area contributed by atoms with E-state index >= 15 is 0 Å². The fraction of sp³-hybridized carbons (Fsp3) is 0.700. The minimum absolute atomic E-state index is 0.0377. The topological polar surface area (TPSA) is 97.8 Å². The summed E-state index contributed by atoms with van der Waals surface area (Å²) >= 11 is 0. The first-order valence-corrected chi connectivity index (χ1v) is 7.46. The van der Waals surface area contributed by atoms with E-state index in [1.807, 2.05) is 0 Å². The number of rotatable bonds is 3. The molecule has 0 aliphatic carbocycles. The minimum Gasteiger partial charge on any atom is -0.330 e. The second kappa shape index (κ2) is 4.68. The quantitative estimate of drug-likeness (QED) is 0.639. The first-order valence-electron chi connectivity index (χ1n) is 5.64. The summed E-state index contributed by atoms with van der Waals surface area (Å²) in [5, 5.41) is 0.478. The van der Waals surface area contributed by atoms with Crippen LogP contribution in [0.2, 0.25) is 0 Å². The van der Waals surface area contributed by atoms with Crippen LogP contribution in [0.25, 0.3) is 0 Å². The molecule has 2 amide bonds. The summed E-state index contributed by atoms with van der Waals surface area (Å²) in [5.74, 6) is -2.05. The van der Waals surface area contributed by atoms with Crippen LogP contribution >= 0.6 is 0 Å². The molecule has 0 radical (unpaired) electrons. The molecule has 18 heavy (non-hydrogen) atoms. The number of hydrogen-bond donors (Lipinski definition) is 0. The number of sulfone groups is 1. The van der Waals surface area contributed by atoms with Crippen LogP contribution in [0.5, 0.6) is 0 Å². The van der Waals surface area contributed by atoms with Crippen molar-refractivity contribution in [2.45, 2.75) is 25.7 Å². The van der Waals surface area contributed by atoms with Gasteiger partial charge in [0.15, 0.2) is 9.84 Å². The predicted molar refractivity (Wildman–Crippen MR) is 58.6 cm³/mol. The summed E-state index contributed by atoms with van der Waals surface area (Å²) in [7, 11) is -3.05. The number of amides is 2. The predicted octanol–water partition coefficient (Wildman–Crippen LogP) is -0.582. The number of imide groups is 1. The zero-order valence-electron chi connectivity index (χ0n) is 9.62. The van der Waals surface area contributed by atoms with Crippen LogP contribution in [-0.2, 0) is 29.1 Å². The van der Waals surface area contributed by atoms with E-state index in [0.29, 0.717) is 11.5 Å². The molecule has 0 aromatic rings. The maximum absolute atomic E-state index is 11.5. The molecule has 100 valence electrons. The van der Waals surface area contributed by atoms with Crippen LogP contribution in [0.15, 0.2) is 0 Å². The molecular weight excluding hydrogens is 262 g/mol. The van der Waals surface area contributed by atoms with E-state index in [-0.39, 0.29) is 36.7 Å². The Hall–Kier alpha value is -1.44. The van der Waals surface area contributed by atoms with Gasteiger partial charge in [0.25, 0.3) is 11.8 Å². The number of hydroxylamine groups is 2. The highest BCUT2D eigenvalue weighted by atomic mass is 32.2. The highest BCUT2D eigenvalue weighted by Gasteiger charge is 2.35. The van der Waals surface area contributed by atoms with Crippen LogP contribution in [0.4, 0.5) is 0 Å². The molecule has 0 aromatic heterocycles. The fourth-order valence-electron chi connectivity index (χ4n) is 2.07. The molecule has 2 saturated heterocycles. The third kappa shape index (κ3) is 2.87. The van der Waals surface area contributed by atoms with Crippen molar-refractivity contribution in [3.05, 3.63) is 0 Å². The lowest BCUT2D eigenvalue weighted by Gasteiger charge is -2.13. The summed E-state index contributed by atoms with van der Waals surface area (Å²) in [4.78, 5) is 38.5. The number of carbonyl (C=O) groups excluding carboxylic acids is 3. The third-order valence-corrected chi connectivity index (χ3v) is 4.82. The van der Waals surface area contributed by atoms with Crippen LogP contribution in [0.1, 0.15) is 25.7 Å². The van der Waals surface area contributed by atoms with Gasteiger partial charge in [0.2, 0.25) is 0 Å². The van der Waals surface area contributed by atoms with Gasteiger partial charge in [-0.1, -0.05) is 0 Å². The van der Waals surface area contributed by atoms with E-state index in [2.05, 4.69) is 4.84 Å². The van der Waals surface area contributed by atoms with Crippen LogP contribution in [0.3, 0.4) is 0 Å². The van der Waals surface area contributed by atoms with Crippen molar-refractivity contribution in [1.82, 2.24) is 5.06 Å². The Morgan fingerprint density at radius 3 is 2.39 bits per heavy atom. The number of carbonyl (C=O) groups is 3. The minimum atomic E-state index is -3.05. The number of hydrogen-bond acceptors (Lipinski definition) is 6. The summed E-state index contributed by atoms with van der Waals surface area (Å²) in [6.45, 7) is 0. The molecule has 2 aliphatic rings. The van der Waals surface area contributed by atoms with Crippen molar-refractivity contribution in [3.8, 4) is 0 Å². The van der Waals surface area contributed by atoms with Gasteiger partial charge in [0.1, 0.15) is 0 Å². The van der Waals surface area contributed by atoms with Crippen molar-refractivity contribution < 1.29 is 27.6 Å². The average molecular weight is 275 g/mol. The molecule has 0 N–H and O–H groups in total. The normalized spacial score (nSPS) is 26.7. The van der Waals surface area contributed by atoms with Gasteiger partial charge in [-0.25, -0.2) is 13.2 Å². The molecule has 8 heteroatoms. The molecule has 0 spiro atoms. The lowest BCUT2D eigenvalue weighted by atomic mass is 10.1. The van der Waals surface area contributed by atoms with E-state index in [4.69, 9.17) is 0 Å². The van der Waals surface area contributed by atoms with Gasteiger partial charge in [-0.15, -0.1) is 5.06 Å². The Labute approximate surface area is 104 Å². The lowest BCUT2D eigenvalue weighted by Crippen LogP contribution is -2.32. The smallest absolute Gasteiger partial charge is 0.330 e. The molecule has 0 unspecified atom stereocenters. The maximum Gasteiger partial charge on any atom is 0.333 e. The van der Waals surface area contributed by atoms with Gasteiger partial charge in [-0.05, 0) is 12.3 Å². The Morgan fingerprint density at radius 2 is 1.89 bits per heavy atom. The second-order valence-electron chi connectivity index (χ2n) is 4.52. The summed E-state index contributed by atoms with van der Waals surface area (Å²) in [6, 6.07) is 0. The van der Waals surface area contributed by atoms with E-state index < -0.39 is 27.6 Å². The van der Waals surface area contributed by atoms with E-state index in [1.54, 1.807) is 0 Å². The zero-order chi connectivity index (χ0) is 13.3. The van der Waals surface area contributed by atoms with Gasteiger partial charge in [0.05, 0.1) is 17.9 Å². The van der Waals surface area contributed by atoms with Gasteiger partial charge >= 0.3 is 5.97 Å². The van der Waals surface area contributed by atoms with Gasteiger partial charge in [-0.2, -0.15) is 0 Å². The van der Waals surface area contributed by atoms with E-state index in [1.165, 1.54) is 0 Å². The first-order chi connectivity index (χ1) is 8.37. The molecule has 2 heterocycles. The molecule has 2 aliphatic heterocycles. The lowest BCUT2D eigenvalue weighted by molar-refractivity contribution is -0.198. The molecule has 0 saturated carbocycles. The summed E-state index contributed by atoms with van der Waals surface area (Å²) in [5.41, 5.74) is 0. The van der Waals surface area contributed by atoms with Gasteiger partial charge in [0, 0.05) is 12.8 Å². The monoisotopic (exact) mass is 275 g/mol. The molecular formula is C10H13NO6S. The van der Waals surface area contributed by atoms with Crippen LogP contribution in [-0.4, -0.2) is 42.8 Å². The zero-order valence-corrected chi connectivity index (χ0v) is 10.4. The molecule has 7 nitrogen and oxygen atoms in total. The average Bonchev–Trinajstić information content (AvgIpc) is 2.75. The van der Waals surface area contributed by atoms with Gasteiger partial charge in [-0.3, -0.25) is 9.59 Å². The Morgan fingerprint density at radius 1 is 1.28 bits per heavy atom. The summed E-state index contributed by atoms with van der Waals surface area (Å²) in [6.07, 6.45) is 0.420. The van der Waals surface area contributed by atoms with Crippen LogP contribution < -0.4 is 0 Å². The van der Waals surface area contributed by atoms with Crippen molar-refractivity contribution in [2.75, 3.05) is 11.5 Å². The second-order valence-corrected chi connectivity index (χ2v) is 6.75. The van der Waals surface area contributed by atoms with Crippen molar-refractivity contribution >= 4 is 27.6 Å². The van der Waals surface area contributed by atoms with Gasteiger partial charge < -0.3 is 4.84 Å². The van der Waals surface area contributed by atoms with E-state index in [9.17, 15) is 22.8 Å². The standard InChI is InChI=1S/C10H13NO6S/c12-8-1-2-9(13)11(8)17-10(14)5-7-3-4-18(15,16)6-7/h7H,1-6H2/t7-/m1/s1. The molecule has 0 bridgehead atoms. The molecule has 1 atom stereocenters. The SMILES string of the molecule is O=C(C[C@H]1CCS(=O)(=O)C1)ON1C(=O)CCC1=O. The fourth-order valence-corrected chi connectivity index (χ4v) is 3.93.